The summed E-state index contributed by atoms with van der Waals surface area (Å²) in [6.45, 7) is 6.85. The van der Waals surface area contributed by atoms with Crippen LogP contribution in [0.25, 0.3) is 0 Å². The molecule has 3 fully saturated rings. The molecule has 0 bridgehead atoms. The Morgan fingerprint density at radius 1 is 1.29 bits per heavy atom. The van der Waals surface area contributed by atoms with Gasteiger partial charge in [0.1, 0.15) is 0 Å². The molecule has 6 heteroatoms. The average molecular weight is 399 g/mol. The highest BCUT2D eigenvalue weighted by Gasteiger charge is 2.56. The summed E-state index contributed by atoms with van der Waals surface area (Å²) in [6.07, 6.45) is 6.60. The first kappa shape index (κ1) is 18.4. The fourth-order valence-electron chi connectivity index (χ4n) is 5.39. The van der Waals surface area contributed by atoms with Crippen LogP contribution in [0.5, 0.6) is 0 Å². The van der Waals surface area contributed by atoms with Gasteiger partial charge in [-0.05, 0) is 56.7 Å². The van der Waals surface area contributed by atoms with Gasteiger partial charge in [-0.25, -0.2) is 0 Å². The van der Waals surface area contributed by atoms with Gasteiger partial charge in [0.2, 0.25) is 5.91 Å². The summed E-state index contributed by atoms with van der Waals surface area (Å²) in [5, 5.41) is 4.43. The van der Waals surface area contributed by atoms with Crippen molar-refractivity contribution in [3.63, 3.8) is 0 Å². The molecule has 2 atom stereocenters. The van der Waals surface area contributed by atoms with Crippen LogP contribution in [0.15, 0.2) is 24.4 Å². The van der Waals surface area contributed by atoms with Gasteiger partial charge in [-0.15, -0.1) is 11.3 Å². The Labute approximate surface area is 171 Å². The lowest BCUT2D eigenvalue weighted by Crippen LogP contribution is -2.52. The number of amides is 1. The molecule has 1 amide bonds. The van der Waals surface area contributed by atoms with Gasteiger partial charge in [0.05, 0.1) is 5.41 Å². The van der Waals surface area contributed by atoms with E-state index in [-0.39, 0.29) is 11.3 Å². The number of piperidine rings is 1. The van der Waals surface area contributed by atoms with Gasteiger partial charge in [-0.3, -0.25) is 14.4 Å². The number of hydrogen-bond acceptors (Lipinski definition) is 4. The van der Waals surface area contributed by atoms with E-state index in [4.69, 9.17) is 0 Å². The number of carbonyl (C=O) groups is 1. The van der Waals surface area contributed by atoms with Crippen LogP contribution in [-0.2, 0) is 18.4 Å². The van der Waals surface area contributed by atoms with Crippen LogP contribution in [0.1, 0.15) is 47.0 Å². The van der Waals surface area contributed by atoms with Crippen molar-refractivity contribution in [2.45, 2.75) is 45.1 Å². The summed E-state index contributed by atoms with van der Waals surface area (Å²) in [6, 6.07) is 6.57. The zero-order chi connectivity index (χ0) is 19.3. The van der Waals surface area contributed by atoms with Gasteiger partial charge in [-0.1, -0.05) is 0 Å². The standard InChI is InChI=1S/C22H30N4OS/c1-16-4-7-18(28-16)13-25-14-19(20-8-10-23-24(20)2)22(15-25)9-3-11-26(21(22)27)12-17-5-6-17/h4,7-8,10,17,19H,3,5-6,9,11-15H2,1-2H3/t19-,22+/m0/s1. The molecule has 1 saturated carbocycles. The Morgan fingerprint density at radius 2 is 2.14 bits per heavy atom. The molecule has 0 aromatic carbocycles. The summed E-state index contributed by atoms with van der Waals surface area (Å²) in [7, 11) is 2.02. The minimum atomic E-state index is -0.284. The predicted octanol–water partition coefficient (Wildman–Crippen LogP) is 3.41. The Kier molecular flexibility index (Phi) is 4.59. The quantitative estimate of drug-likeness (QED) is 0.775. The van der Waals surface area contributed by atoms with E-state index >= 15 is 0 Å². The molecule has 2 aromatic rings. The Morgan fingerprint density at radius 3 is 2.82 bits per heavy atom. The second-order valence-corrected chi connectivity index (χ2v) is 10.4. The van der Waals surface area contributed by atoms with Crippen molar-refractivity contribution >= 4 is 17.2 Å². The van der Waals surface area contributed by atoms with Gasteiger partial charge >= 0.3 is 0 Å². The van der Waals surface area contributed by atoms with Crippen LogP contribution in [-0.4, -0.2) is 51.7 Å². The van der Waals surface area contributed by atoms with Gasteiger partial charge in [-0.2, -0.15) is 5.10 Å². The van der Waals surface area contributed by atoms with Crippen LogP contribution >= 0.6 is 11.3 Å². The monoisotopic (exact) mass is 398 g/mol. The molecule has 2 aliphatic heterocycles. The lowest BCUT2D eigenvalue weighted by molar-refractivity contribution is -0.147. The SMILES string of the molecule is Cc1ccc(CN2C[C@@H](c3ccnn3C)[C@@]3(CCCN(CC4CC4)C3=O)C2)s1. The summed E-state index contributed by atoms with van der Waals surface area (Å²) in [5.41, 5.74) is 0.930. The molecule has 1 spiro atoms. The highest BCUT2D eigenvalue weighted by Crippen LogP contribution is 2.50. The molecule has 2 saturated heterocycles. The van der Waals surface area contributed by atoms with Gasteiger partial charge < -0.3 is 4.90 Å². The Hall–Kier alpha value is -1.66. The summed E-state index contributed by atoms with van der Waals surface area (Å²) < 4.78 is 1.98. The third-order valence-electron chi connectivity index (χ3n) is 6.94. The fourth-order valence-corrected chi connectivity index (χ4v) is 6.32. The number of rotatable bonds is 5. The molecule has 150 valence electrons. The van der Waals surface area contributed by atoms with E-state index < -0.39 is 0 Å². The maximum absolute atomic E-state index is 13.8. The highest BCUT2D eigenvalue weighted by atomic mass is 32.1. The van der Waals surface area contributed by atoms with E-state index in [9.17, 15) is 4.79 Å². The van der Waals surface area contributed by atoms with E-state index in [1.54, 1.807) is 0 Å². The Bertz CT molecular complexity index is 870. The summed E-state index contributed by atoms with van der Waals surface area (Å²) in [4.78, 5) is 21.3. The first-order valence-corrected chi connectivity index (χ1v) is 11.4. The first-order chi connectivity index (χ1) is 13.5. The molecule has 0 unspecified atom stereocenters. The fraction of sp³-hybridized carbons (Fsp3) is 0.636. The van der Waals surface area contributed by atoms with Crippen LogP contribution in [0.3, 0.4) is 0 Å². The topological polar surface area (TPSA) is 41.4 Å². The number of aryl methyl sites for hydroxylation is 2. The first-order valence-electron chi connectivity index (χ1n) is 10.6. The summed E-state index contributed by atoms with van der Waals surface area (Å²) in [5.74, 6) is 1.39. The molecule has 1 aliphatic carbocycles. The number of aromatic nitrogens is 2. The van der Waals surface area contributed by atoms with Crippen molar-refractivity contribution in [2.75, 3.05) is 26.2 Å². The van der Waals surface area contributed by atoms with Crippen LogP contribution in [0.2, 0.25) is 0 Å². The molecule has 28 heavy (non-hydrogen) atoms. The molecule has 0 radical (unpaired) electrons. The van der Waals surface area contributed by atoms with Crippen molar-refractivity contribution in [2.24, 2.45) is 18.4 Å². The van der Waals surface area contributed by atoms with Crippen molar-refractivity contribution in [1.29, 1.82) is 0 Å². The minimum absolute atomic E-state index is 0.232. The van der Waals surface area contributed by atoms with Crippen LogP contribution in [0.4, 0.5) is 0 Å². The second-order valence-electron chi connectivity index (χ2n) is 9.07. The molecule has 3 aliphatic rings. The third-order valence-corrected chi connectivity index (χ3v) is 7.93. The van der Waals surface area contributed by atoms with Crippen LogP contribution in [0, 0.1) is 18.3 Å². The van der Waals surface area contributed by atoms with E-state index in [2.05, 4.69) is 40.0 Å². The molecule has 5 nitrogen and oxygen atoms in total. The molecular formula is C22H30N4OS. The normalized spacial score (nSPS) is 28.6. The smallest absolute Gasteiger partial charge is 0.230 e. The van der Waals surface area contributed by atoms with Crippen molar-refractivity contribution in [1.82, 2.24) is 19.6 Å². The summed E-state index contributed by atoms with van der Waals surface area (Å²) >= 11 is 1.87. The predicted molar refractivity (Wildman–Crippen MR) is 111 cm³/mol. The maximum atomic E-state index is 13.8. The molecule has 4 heterocycles. The van der Waals surface area contributed by atoms with E-state index in [0.29, 0.717) is 5.91 Å². The lowest BCUT2D eigenvalue weighted by atomic mass is 9.70. The second kappa shape index (κ2) is 6.99. The maximum Gasteiger partial charge on any atom is 0.230 e. The minimum Gasteiger partial charge on any atom is -0.342 e. The largest absolute Gasteiger partial charge is 0.342 e. The number of thiophene rings is 1. The Balaban J connectivity index is 1.45. The molecule has 0 N–H and O–H groups in total. The average Bonchev–Trinajstić information content (AvgIpc) is 3.05. The lowest BCUT2D eigenvalue weighted by Gasteiger charge is -2.42. The van der Waals surface area contributed by atoms with E-state index in [1.807, 2.05) is 29.3 Å². The molecule has 5 rings (SSSR count). The van der Waals surface area contributed by atoms with Gasteiger partial charge in [0.15, 0.2) is 0 Å². The third kappa shape index (κ3) is 3.20. The number of likely N-dealkylation sites (tertiary alicyclic amines) is 2. The zero-order valence-corrected chi connectivity index (χ0v) is 17.7. The van der Waals surface area contributed by atoms with Crippen molar-refractivity contribution < 1.29 is 4.79 Å². The molecular weight excluding hydrogens is 368 g/mol. The van der Waals surface area contributed by atoms with E-state index in [0.717, 1.165) is 51.5 Å². The zero-order valence-electron chi connectivity index (χ0n) is 16.9. The van der Waals surface area contributed by atoms with Gasteiger partial charge in [0.25, 0.3) is 0 Å². The number of hydrogen-bond donors (Lipinski definition) is 0. The van der Waals surface area contributed by atoms with Crippen molar-refractivity contribution in [3.8, 4) is 0 Å². The van der Waals surface area contributed by atoms with Crippen molar-refractivity contribution in [3.05, 3.63) is 39.8 Å². The number of nitrogens with zero attached hydrogens (tertiary/aromatic N) is 4. The van der Waals surface area contributed by atoms with Crippen LogP contribution < -0.4 is 0 Å². The number of carbonyl (C=O) groups excluding carboxylic acids is 1. The van der Waals surface area contributed by atoms with Gasteiger partial charge in [0, 0.05) is 67.3 Å². The highest BCUT2D eigenvalue weighted by molar-refractivity contribution is 7.11. The van der Waals surface area contributed by atoms with E-state index in [1.165, 1.54) is 28.3 Å². The molecule has 2 aromatic heterocycles.